The molecule has 0 spiro atoms. The number of rotatable bonds is 7. The highest BCUT2D eigenvalue weighted by Crippen LogP contribution is 2.23. The van der Waals surface area contributed by atoms with Gasteiger partial charge in [0.1, 0.15) is 5.82 Å². The largest absolute Gasteiger partial charge is 0.394 e. The molecule has 1 aromatic carbocycles. The summed E-state index contributed by atoms with van der Waals surface area (Å²) in [6.07, 6.45) is 3.50. The molecule has 2 rings (SSSR count). The molecule has 0 amide bonds. The maximum absolute atomic E-state index is 9.30. The molecule has 0 saturated carbocycles. The maximum Gasteiger partial charge on any atom is 0.229 e. The van der Waals surface area contributed by atoms with Crippen LogP contribution in [-0.2, 0) is 6.42 Å². The minimum absolute atomic E-state index is 0.0255. The molecule has 2 aromatic rings. The van der Waals surface area contributed by atoms with E-state index in [4.69, 9.17) is 0 Å². The van der Waals surface area contributed by atoms with Gasteiger partial charge in [0.05, 0.1) is 17.1 Å². The molecular weight excluding hydrogens is 344 g/mol. The summed E-state index contributed by atoms with van der Waals surface area (Å²) in [5, 5.41) is 15.7. The standard InChI is InChI=1S/C16H21BrN4O/c1-3-11-6-5-7-13(8-11)20-16-18-9-14(17)15(21-16)19-12(4-2)10-22/h5-9,12,22H,3-4,10H2,1-2H3,(H2,18,19,20,21). The van der Waals surface area contributed by atoms with Crippen molar-refractivity contribution in [2.24, 2.45) is 0 Å². The number of nitrogens with one attached hydrogen (secondary N) is 2. The molecule has 0 aliphatic carbocycles. The van der Waals surface area contributed by atoms with Crippen molar-refractivity contribution in [2.75, 3.05) is 17.2 Å². The number of aryl methyl sites for hydroxylation is 1. The summed E-state index contributed by atoms with van der Waals surface area (Å²) in [4.78, 5) is 8.74. The van der Waals surface area contributed by atoms with Gasteiger partial charge < -0.3 is 15.7 Å². The summed E-state index contributed by atoms with van der Waals surface area (Å²) in [5.74, 6) is 1.19. The third-order valence-electron chi connectivity index (χ3n) is 3.39. The van der Waals surface area contributed by atoms with Crippen LogP contribution in [0.3, 0.4) is 0 Å². The smallest absolute Gasteiger partial charge is 0.229 e. The monoisotopic (exact) mass is 364 g/mol. The van der Waals surface area contributed by atoms with Gasteiger partial charge in [0.2, 0.25) is 5.95 Å². The molecule has 5 nitrogen and oxygen atoms in total. The number of hydrogen-bond donors (Lipinski definition) is 3. The molecule has 1 atom stereocenters. The highest BCUT2D eigenvalue weighted by atomic mass is 79.9. The van der Waals surface area contributed by atoms with Crippen LogP contribution in [0.25, 0.3) is 0 Å². The van der Waals surface area contributed by atoms with Crippen LogP contribution in [0.4, 0.5) is 17.5 Å². The first-order chi connectivity index (χ1) is 10.7. The number of nitrogens with zero attached hydrogens (tertiary/aromatic N) is 2. The number of aromatic nitrogens is 2. The molecule has 0 bridgehead atoms. The van der Waals surface area contributed by atoms with Crippen LogP contribution in [0, 0.1) is 0 Å². The normalized spacial score (nSPS) is 12.0. The van der Waals surface area contributed by atoms with Gasteiger partial charge in [0.15, 0.2) is 0 Å². The van der Waals surface area contributed by atoms with Crippen molar-refractivity contribution >= 4 is 33.4 Å². The lowest BCUT2D eigenvalue weighted by Crippen LogP contribution is -2.23. The topological polar surface area (TPSA) is 70.1 Å². The number of aliphatic hydroxyl groups excluding tert-OH is 1. The van der Waals surface area contributed by atoms with Crippen molar-refractivity contribution in [3.05, 3.63) is 40.5 Å². The van der Waals surface area contributed by atoms with Crippen molar-refractivity contribution in [1.29, 1.82) is 0 Å². The van der Waals surface area contributed by atoms with Gasteiger partial charge in [-0.2, -0.15) is 4.98 Å². The van der Waals surface area contributed by atoms with Crippen molar-refractivity contribution in [3.8, 4) is 0 Å². The fraction of sp³-hybridized carbons (Fsp3) is 0.375. The molecule has 6 heteroatoms. The zero-order valence-corrected chi connectivity index (χ0v) is 14.4. The first kappa shape index (κ1) is 16.7. The van der Waals surface area contributed by atoms with Crippen molar-refractivity contribution in [2.45, 2.75) is 32.7 Å². The first-order valence-corrected chi connectivity index (χ1v) is 8.21. The van der Waals surface area contributed by atoms with E-state index < -0.39 is 0 Å². The Balaban J connectivity index is 2.17. The molecule has 3 N–H and O–H groups in total. The molecule has 0 aliphatic rings. The predicted octanol–water partition coefficient (Wildman–Crippen LogP) is 3.73. The number of benzene rings is 1. The van der Waals surface area contributed by atoms with E-state index in [0.29, 0.717) is 11.8 Å². The van der Waals surface area contributed by atoms with Gasteiger partial charge in [0, 0.05) is 11.9 Å². The fourth-order valence-corrected chi connectivity index (χ4v) is 2.30. The molecule has 0 saturated heterocycles. The van der Waals surface area contributed by atoms with Crippen LogP contribution in [0.5, 0.6) is 0 Å². The summed E-state index contributed by atoms with van der Waals surface area (Å²) in [6, 6.07) is 8.15. The van der Waals surface area contributed by atoms with Gasteiger partial charge in [0.25, 0.3) is 0 Å². The molecule has 118 valence electrons. The Morgan fingerprint density at radius 1 is 1.32 bits per heavy atom. The van der Waals surface area contributed by atoms with E-state index in [1.54, 1.807) is 6.20 Å². The lowest BCUT2D eigenvalue weighted by molar-refractivity contribution is 0.271. The fourth-order valence-electron chi connectivity index (χ4n) is 2.00. The minimum Gasteiger partial charge on any atom is -0.394 e. The lowest BCUT2D eigenvalue weighted by Gasteiger charge is -2.16. The van der Waals surface area contributed by atoms with E-state index in [9.17, 15) is 5.11 Å². The maximum atomic E-state index is 9.30. The van der Waals surface area contributed by atoms with E-state index in [1.807, 2.05) is 19.1 Å². The number of hydrogen-bond acceptors (Lipinski definition) is 5. The summed E-state index contributed by atoms with van der Waals surface area (Å²) >= 11 is 3.43. The zero-order chi connectivity index (χ0) is 15.9. The Labute approximate surface area is 139 Å². The van der Waals surface area contributed by atoms with Gasteiger partial charge in [-0.05, 0) is 46.5 Å². The average molecular weight is 365 g/mol. The van der Waals surface area contributed by atoms with Crippen molar-refractivity contribution in [3.63, 3.8) is 0 Å². The highest BCUT2D eigenvalue weighted by Gasteiger charge is 2.10. The summed E-state index contributed by atoms with van der Waals surface area (Å²) in [5.41, 5.74) is 2.22. The van der Waals surface area contributed by atoms with Crippen LogP contribution in [0.15, 0.2) is 34.9 Å². The van der Waals surface area contributed by atoms with Crippen LogP contribution in [-0.4, -0.2) is 27.7 Å². The van der Waals surface area contributed by atoms with E-state index in [1.165, 1.54) is 5.56 Å². The SMILES string of the molecule is CCc1cccc(Nc2ncc(Br)c(NC(CC)CO)n2)c1. The van der Waals surface area contributed by atoms with Crippen molar-refractivity contribution in [1.82, 2.24) is 9.97 Å². The van der Waals surface area contributed by atoms with E-state index >= 15 is 0 Å². The van der Waals surface area contributed by atoms with E-state index in [-0.39, 0.29) is 12.6 Å². The van der Waals surface area contributed by atoms with Gasteiger partial charge in [-0.3, -0.25) is 0 Å². The summed E-state index contributed by atoms with van der Waals surface area (Å²) in [7, 11) is 0. The van der Waals surface area contributed by atoms with Gasteiger partial charge in [-0.15, -0.1) is 0 Å². The first-order valence-electron chi connectivity index (χ1n) is 7.42. The van der Waals surface area contributed by atoms with E-state index in [0.717, 1.165) is 23.0 Å². The molecule has 22 heavy (non-hydrogen) atoms. The molecule has 0 fully saturated rings. The Morgan fingerprint density at radius 3 is 2.82 bits per heavy atom. The molecule has 0 radical (unpaired) electrons. The Morgan fingerprint density at radius 2 is 2.14 bits per heavy atom. The second-order valence-corrected chi connectivity index (χ2v) is 5.86. The van der Waals surface area contributed by atoms with Gasteiger partial charge >= 0.3 is 0 Å². The highest BCUT2D eigenvalue weighted by molar-refractivity contribution is 9.10. The summed E-state index contributed by atoms with van der Waals surface area (Å²) < 4.78 is 0.771. The summed E-state index contributed by atoms with van der Waals surface area (Å²) in [6.45, 7) is 4.20. The average Bonchev–Trinajstić information content (AvgIpc) is 2.55. The third kappa shape index (κ3) is 4.42. The minimum atomic E-state index is -0.0255. The lowest BCUT2D eigenvalue weighted by atomic mass is 10.1. The van der Waals surface area contributed by atoms with Gasteiger partial charge in [-0.1, -0.05) is 26.0 Å². The number of halogens is 1. The second kappa shape index (κ2) is 8.10. The van der Waals surface area contributed by atoms with Crippen LogP contribution >= 0.6 is 15.9 Å². The van der Waals surface area contributed by atoms with Gasteiger partial charge in [-0.25, -0.2) is 4.98 Å². The van der Waals surface area contributed by atoms with Crippen LogP contribution in [0.2, 0.25) is 0 Å². The Bertz CT molecular complexity index is 617. The molecule has 0 aliphatic heterocycles. The molecule has 1 unspecified atom stereocenters. The number of anilines is 3. The predicted molar refractivity (Wildman–Crippen MR) is 93.6 cm³/mol. The molecule has 1 aromatic heterocycles. The quantitative estimate of drug-likeness (QED) is 0.698. The number of aliphatic hydroxyl groups is 1. The Kier molecular flexibility index (Phi) is 6.15. The van der Waals surface area contributed by atoms with Crippen molar-refractivity contribution < 1.29 is 5.11 Å². The molecular formula is C16H21BrN4O. The zero-order valence-electron chi connectivity index (χ0n) is 12.8. The Hall–Kier alpha value is -1.66. The van der Waals surface area contributed by atoms with Crippen LogP contribution < -0.4 is 10.6 Å². The second-order valence-electron chi connectivity index (χ2n) is 5.00. The van der Waals surface area contributed by atoms with Crippen LogP contribution in [0.1, 0.15) is 25.8 Å². The molecule has 1 heterocycles. The van der Waals surface area contributed by atoms with E-state index in [2.05, 4.69) is 55.6 Å². The third-order valence-corrected chi connectivity index (χ3v) is 3.97.